The van der Waals surface area contributed by atoms with Gasteiger partial charge in [0.1, 0.15) is 5.75 Å². The van der Waals surface area contributed by atoms with Crippen LogP contribution < -0.4 is 15.4 Å². The van der Waals surface area contributed by atoms with Crippen LogP contribution in [-0.2, 0) is 0 Å². The molecular weight excluding hydrogens is 178 g/mol. The quantitative estimate of drug-likeness (QED) is 0.550. The number of nitrogens with one attached hydrogen (secondary N) is 2. The Labute approximate surface area is 84.0 Å². The van der Waals surface area contributed by atoms with Crippen molar-refractivity contribution in [3.63, 3.8) is 0 Å². The molecule has 0 saturated carbocycles. The third kappa shape index (κ3) is 2.39. The molecule has 0 atom stereocenters. The molecule has 0 heterocycles. The molecule has 0 fully saturated rings. The van der Waals surface area contributed by atoms with Gasteiger partial charge >= 0.3 is 0 Å². The zero-order chi connectivity index (χ0) is 10.4. The molecule has 0 bridgehead atoms. The lowest BCUT2D eigenvalue weighted by molar-refractivity contribution is 0.417. The fraction of sp³-hybridized carbons (Fsp3) is 0.300. The molecule has 4 heteroatoms. The summed E-state index contributed by atoms with van der Waals surface area (Å²) in [5, 5.41) is 6.05. The first kappa shape index (κ1) is 10.4. The number of rotatable bonds is 2. The topological polar surface area (TPSA) is 45.7 Å². The Morgan fingerprint density at radius 3 is 2.64 bits per heavy atom. The predicted octanol–water partition coefficient (Wildman–Crippen LogP) is 1.31. The Morgan fingerprint density at radius 2 is 2.07 bits per heavy atom. The number of nitrogens with zero attached hydrogens (tertiary/aromatic N) is 1. The summed E-state index contributed by atoms with van der Waals surface area (Å²) in [6.45, 7) is 0. The fourth-order valence-electron chi connectivity index (χ4n) is 1.11. The molecule has 76 valence electrons. The Balaban J connectivity index is 2.85. The minimum atomic E-state index is 0.703. The van der Waals surface area contributed by atoms with Crippen molar-refractivity contribution in [3.05, 3.63) is 24.3 Å². The number of hydrogen-bond donors (Lipinski definition) is 2. The molecule has 0 spiro atoms. The number of anilines is 1. The number of para-hydroxylation sites is 2. The van der Waals surface area contributed by atoms with Gasteiger partial charge in [0.2, 0.25) is 0 Å². The summed E-state index contributed by atoms with van der Waals surface area (Å²) in [4.78, 5) is 4.02. The molecule has 4 nitrogen and oxygen atoms in total. The average Bonchev–Trinajstić information content (AvgIpc) is 2.26. The van der Waals surface area contributed by atoms with E-state index in [9.17, 15) is 0 Å². The first-order chi connectivity index (χ1) is 6.81. The lowest BCUT2D eigenvalue weighted by Crippen LogP contribution is -2.26. The highest BCUT2D eigenvalue weighted by Crippen LogP contribution is 2.22. The van der Waals surface area contributed by atoms with Crippen LogP contribution >= 0.6 is 0 Å². The van der Waals surface area contributed by atoms with Crippen molar-refractivity contribution in [2.24, 2.45) is 4.99 Å². The number of methoxy groups -OCH3 is 1. The van der Waals surface area contributed by atoms with E-state index in [0.717, 1.165) is 11.4 Å². The van der Waals surface area contributed by atoms with E-state index in [1.165, 1.54) is 0 Å². The minimum absolute atomic E-state index is 0.703. The van der Waals surface area contributed by atoms with Crippen LogP contribution in [0.5, 0.6) is 5.75 Å². The summed E-state index contributed by atoms with van der Waals surface area (Å²) in [5.41, 5.74) is 0.893. The highest BCUT2D eigenvalue weighted by molar-refractivity contribution is 5.94. The van der Waals surface area contributed by atoms with E-state index >= 15 is 0 Å². The highest BCUT2D eigenvalue weighted by atomic mass is 16.5. The van der Waals surface area contributed by atoms with E-state index in [-0.39, 0.29) is 0 Å². The normalized spacial score (nSPS) is 10.9. The van der Waals surface area contributed by atoms with E-state index in [1.54, 1.807) is 14.2 Å². The van der Waals surface area contributed by atoms with Crippen LogP contribution in [0.15, 0.2) is 29.3 Å². The van der Waals surface area contributed by atoms with Gasteiger partial charge in [0.05, 0.1) is 12.8 Å². The number of benzene rings is 1. The SMILES string of the molecule is CN=C(NC)Nc1ccccc1OC. The van der Waals surface area contributed by atoms with Crippen LogP contribution in [0, 0.1) is 0 Å². The van der Waals surface area contributed by atoms with Gasteiger partial charge in [-0.1, -0.05) is 12.1 Å². The van der Waals surface area contributed by atoms with E-state index in [2.05, 4.69) is 15.6 Å². The van der Waals surface area contributed by atoms with Gasteiger partial charge in [0.25, 0.3) is 0 Å². The molecule has 0 aliphatic heterocycles. The Morgan fingerprint density at radius 1 is 1.36 bits per heavy atom. The average molecular weight is 193 g/mol. The smallest absolute Gasteiger partial charge is 0.195 e. The van der Waals surface area contributed by atoms with Crippen molar-refractivity contribution in [1.82, 2.24) is 5.32 Å². The van der Waals surface area contributed by atoms with Gasteiger partial charge in [-0.05, 0) is 12.1 Å². The lowest BCUT2D eigenvalue weighted by Gasteiger charge is -2.11. The second kappa shape index (κ2) is 5.11. The summed E-state index contributed by atoms with van der Waals surface area (Å²) >= 11 is 0. The largest absolute Gasteiger partial charge is 0.495 e. The van der Waals surface area contributed by atoms with E-state index in [1.807, 2.05) is 31.3 Å². The van der Waals surface area contributed by atoms with Gasteiger partial charge in [-0.2, -0.15) is 0 Å². The molecule has 1 aromatic rings. The number of ether oxygens (including phenoxy) is 1. The van der Waals surface area contributed by atoms with Crippen LogP contribution in [-0.4, -0.2) is 27.2 Å². The zero-order valence-electron chi connectivity index (χ0n) is 8.66. The van der Waals surface area contributed by atoms with Crippen molar-refractivity contribution in [2.75, 3.05) is 26.5 Å². The first-order valence-electron chi connectivity index (χ1n) is 4.36. The summed E-state index contributed by atoms with van der Waals surface area (Å²) in [7, 11) is 5.17. The van der Waals surface area contributed by atoms with Crippen molar-refractivity contribution in [2.45, 2.75) is 0 Å². The van der Waals surface area contributed by atoms with Gasteiger partial charge in [0.15, 0.2) is 5.96 Å². The molecule has 0 aromatic heterocycles. The maximum absolute atomic E-state index is 5.19. The van der Waals surface area contributed by atoms with Gasteiger partial charge in [-0.3, -0.25) is 4.99 Å². The second-order valence-electron chi connectivity index (χ2n) is 2.65. The molecule has 1 rings (SSSR count). The minimum Gasteiger partial charge on any atom is -0.495 e. The molecule has 1 aromatic carbocycles. The van der Waals surface area contributed by atoms with E-state index < -0.39 is 0 Å². The number of guanidine groups is 1. The summed E-state index contributed by atoms with van der Waals surface area (Å²) in [6.07, 6.45) is 0. The van der Waals surface area contributed by atoms with Crippen LogP contribution in [0.25, 0.3) is 0 Å². The fourth-order valence-corrected chi connectivity index (χ4v) is 1.11. The Hall–Kier alpha value is -1.71. The molecule has 0 amide bonds. The molecule has 0 unspecified atom stereocenters. The van der Waals surface area contributed by atoms with Gasteiger partial charge in [-0.15, -0.1) is 0 Å². The summed E-state index contributed by atoms with van der Waals surface area (Å²) in [6, 6.07) is 7.69. The lowest BCUT2D eigenvalue weighted by atomic mass is 10.3. The van der Waals surface area contributed by atoms with E-state index in [4.69, 9.17) is 4.74 Å². The molecule has 14 heavy (non-hydrogen) atoms. The molecule has 2 N–H and O–H groups in total. The van der Waals surface area contributed by atoms with Gasteiger partial charge < -0.3 is 15.4 Å². The molecular formula is C10H15N3O. The molecule has 0 radical (unpaired) electrons. The summed E-state index contributed by atoms with van der Waals surface area (Å²) in [5.74, 6) is 1.50. The maximum atomic E-state index is 5.19. The van der Waals surface area contributed by atoms with E-state index in [0.29, 0.717) is 5.96 Å². The van der Waals surface area contributed by atoms with Gasteiger partial charge in [-0.25, -0.2) is 0 Å². The zero-order valence-corrected chi connectivity index (χ0v) is 8.66. The van der Waals surface area contributed by atoms with Crippen LogP contribution in [0.4, 0.5) is 5.69 Å². The summed E-state index contributed by atoms with van der Waals surface area (Å²) < 4.78 is 5.19. The standard InChI is InChI=1S/C10H15N3O/c1-11-10(12-2)13-8-6-4-5-7-9(8)14-3/h4-7H,1-3H3,(H2,11,12,13). The van der Waals surface area contributed by atoms with Crippen LogP contribution in [0.2, 0.25) is 0 Å². The second-order valence-corrected chi connectivity index (χ2v) is 2.65. The molecule has 0 saturated heterocycles. The van der Waals surface area contributed by atoms with Crippen molar-refractivity contribution < 1.29 is 4.74 Å². The molecule has 0 aliphatic rings. The van der Waals surface area contributed by atoms with Crippen molar-refractivity contribution in [1.29, 1.82) is 0 Å². The number of hydrogen-bond acceptors (Lipinski definition) is 2. The van der Waals surface area contributed by atoms with Crippen molar-refractivity contribution in [3.8, 4) is 5.75 Å². The van der Waals surface area contributed by atoms with Crippen LogP contribution in [0.3, 0.4) is 0 Å². The monoisotopic (exact) mass is 193 g/mol. The van der Waals surface area contributed by atoms with Crippen molar-refractivity contribution >= 4 is 11.6 Å². The third-order valence-electron chi connectivity index (χ3n) is 1.82. The number of aliphatic imine (C=N–C) groups is 1. The Bertz CT molecular complexity index is 323. The Kier molecular flexibility index (Phi) is 3.79. The predicted molar refractivity (Wildman–Crippen MR) is 59.0 cm³/mol. The van der Waals surface area contributed by atoms with Gasteiger partial charge in [0, 0.05) is 14.1 Å². The highest BCUT2D eigenvalue weighted by Gasteiger charge is 2.02. The first-order valence-corrected chi connectivity index (χ1v) is 4.36. The maximum Gasteiger partial charge on any atom is 0.195 e. The molecule has 0 aliphatic carbocycles. The van der Waals surface area contributed by atoms with Crippen LogP contribution in [0.1, 0.15) is 0 Å². The third-order valence-corrected chi connectivity index (χ3v) is 1.82.